The van der Waals surface area contributed by atoms with Gasteiger partial charge < -0.3 is 15.4 Å². The molecule has 1 aromatic carbocycles. The highest BCUT2D eigenvalue weighted by molar-refractivity contribution is 7.80. The van der Waals surface area contributed by atoms with E-state index < -0.39 is 0 Å². The highest BCUT2D eigenvalue weighted by Crippen LogP contribution is 2.36. The second-order valence-corrected chi connectivity index (χ2v) is 5.95. The lowest BCUT2D eigenvalue weighted by Crippen LogP contribution is -2.19. The second-order valence-electron chi connectivity index (χ2n) is 5.57. The van der Waals surface area contributed by atoms with Crippen molar-refractivity contribution < 1.29 is 5.11 Å². The maximum Gasteiger partial charge on any atom is 0.218 e. The van der Waals surface area contributed by atoms with Gasteiger partial charge in [-0.2, -0.15) is 0 Å². The minimum Gasteiger partial charge on any atom is -0.493 e. The van der Waals surface area contributed by atoms with Gasteiger partial charge in [-0.05, 0) is 42.3 Å². The minimum atomic E-state index is 0.0102. The SMILES string of the molecule is CCCCNC(=S)N=Nc1c(O)[nH]c2ccc(C(C)C)cc12. The standard InChI is InChI=1S/C16H22N4OS/c1-4-5-8-17-16(22)20-19-14-12-9-11(10(2)3)6-7-13(12)18-15(14)21/h6-7,9-10,18,21H,4-5,8H2,1-3H3,(H,17,22). The molecule has 0 radical (unpaired) electrons. The Labute approximate surface area is 135 Å². The number of rotatable bonds is 5. The Bertz CT molecular complexity index is 691. The monoisotopic (exact) mass is 318 g/mol. The molecule has 6 heteroatoms. The van der Waals surface area contributed by atoms with Crippen LogP contribution in [0.15, 0.2) is 28.4 Å². The summed E-state index contributed by atoms with van der Waals surface area (Å²) in [6.07, 6.45) is 2.12. The summed E-state index contributed by atoms with van der Waals surface area (Å²) < 4.78 is 0. The molecule has 0 amide bonds. The molecule has 118 valence electrons. The molecular formula is C16H22N4OS. The molecular weight excluding hydrogens is 296 g/mol. The van der Waals surface area contributed by atoms with E-state index in [1.54, 1.807) is 0 Å². The molecule has 5 nitrogen and oxygen atoms in total. The summed E-state index contributed by atoms with van der Waals surface area (Å²) in [6, 6.07) is 6.01. The van der Waals surface area contributed by atoms with Crippen molar-refractivity contribution in [2.75, 3.05) is 6.54 Å². The smallest absolute Gasteiger partial charge is 0.218 e. The molecule has 0 bridgehead atoms. The number of hydrogen-bond acceptors (Lipinski definition) is 3. The van der Waals surface area contributed by atoms with Gasteiger partial charge >= 0.3 is 0 Å². The predicted octanol–water partition coefficient (Wildman–Crippen LogP) is 4.76. The Balaban J connectivity index is 2.24. The number of azo groups is 1. The summed E-state index contributed by atoms with van der Waals surface area (Å²) in [5.74, 6) is 0.416. The molecule has 1 aromatic heterocycles. The quantitative estimate of drug-likeness (QED) is 0.423. The van der Waals surface area contributed by atoms with E-state index in [1.807, 2.05) is 18.2 Å². The summed E-state index contributed by atoms with van der Waals surface area (Å²) in [6.45, 7) is 7.15. The second kappa shape index (κ2) is 7.35. The van der Waals surface area contributed by atoms with E-state index in [4.69, 9.17) is 12.2 Å². The zero-order valence-electron chi connectivity index (χ0n) is 13.2. The molecule has 1 heterocycles. The van der Waals surface area contributed by atoms with Crippen molar-refractivity contribution >= 4 is 33.9 Å². The zero-order valence-corrected chi connectivity index (χ0v) is 14.0. The molecule has 0 aliphatic carbocycles. The lowest BCUT2D eigenvalue weighted by molar-refractivity contribution is 0.459. The molecule has 2 rings (SSSR count). The molecule has 3 N–H and O–H groups in total. The number of H-pyrrole nitrogens is 1. The molecule has 2 aromatic rings. The lowest BCUT2D eigenvalue weighted by atomic mass is 10.0. The van der Waals surface area contributed by atoms with Crippen molar-refractivity contribution in [3.05, 3.63) is 23.8 Å². The molecule has 0 saturated carbocycles. The van der Waals surface area contributed by atoms with Gasteiger partial charge in [-0.15, -0.1) is 10.2 Å². The summed E-state index contributed by atoms with van der Waals surface area (Å²) in [5, 5.41) is 22.3. The fourth-order valence-electron chi connectivity index (χ4n) is 2.14. The van der Waals surface area contributed by atoms with E-state index in [2.05, 4.69) is 41.3 Å². The maximum atomic E-state index is 10.0. The maximum absolute atomic E-state index is 10.0. The zero-order chi connectivity index (χ0) is 16.1. The number of nitrogens with zero attached hydrogens (tertiary/aromatic N) is 2. The first-order chi connectivity index (χ1) is 10.5. The normalized spacial score (nSPS) is 11.6. The van der Waals surface area contributed by atoms with Gasteiger partial charge in [0.05, 0.1) is 5.52 Å². The Morgan fingerprint density at radius 2 is 2.18 bits per heavy atom. The molecule has 0 spiro atoms. The number of benzene rings is 1. The highest BCUT2D eigenvalue weighted by Gasteiger charge is 2.12. The number of unbranched alkanes of at least 4 members (excludes halogenated alkanes) is 1. The number of aromatic hydroxyl groups is 1. The van der Waals surface area contributed by atoms with Crippen molar-refractivity contribution in [2.45, 2.75) is 39.5 Å². The number of nitrogens with one attached hydrogen (secondary N) is 2. The van der Waals surface area contributed by atoms with Gasteiger partial charge in [-0.1, -0.05) is 33.3 Å². The third-order valence-corrected chi connectivity index (χ3v) is 3.72. The predicted molar refractivity (Wildman–Crippen MR) is 94.1 cm³/mol. The largest absolute Gasteiger partial charge is 0.493 e. The van der Waals surface area contributed by atoms with Gasteiger partial charge in [0.15, 0.2) is 5.69 Å². The number of aromatic nitrogens is 1. The van der Waals surface area contributed by atoms with E-state index in [9.17, 15) is 5.11 Å². The van der Waals surface area contributed by atoms with E-state index in [1.165, 1.54) is 5.56 Å². The number of hydrogen-bond donors (Lipinski definition) is 3. The van der Waals surface area contributed by atoms with Crippen molar-refractivity contribution in [1.82, 2.24) is 10.3 Å². The van der Waals surface area contributed by atoms with Crippen LogP contribution < -0.4 is 5.32 Å². The highest BCUT2D eigenvalue weighted by atomic mass is 32.1. The van der Waals surface area contributed by atoms with Crippen LogP contribution in [0.3, 0.4) is 0 Å². The van der Waals surface area contributed by atoms with Crippen LogP contribution in [0.2, 0.25) is 0 Å². The number of fused-ring (bicyclic) bond motifs is 1. The van der Waals surface area contributed by atoms with E-state index >= 15 is 0 Å². The van der Waals surface area contributed by atoms with Gasteiger partial charge in [0, 0.05) is 11.9 Å². The van der Waals surface area contributed by atoms with Crippen LogP contribution >= 0.6 is 12.2 Å². The summed E-state index contributed by atoms with van der Waals surface area (Å²) >= 11 is 5.11. The first kappa shape index (κ1) is 16.4. The van der Waals surface area contributed by atoms with Crippen LogP contribution in [0.1, 0.15) is 45.1 Å². The van der Waals surface area contributed by atoms with Crippen molar-refractivity contribution in [2.24, 2.45) is 10.2 Å². The lowest BCUT2D eigenvalue weighted by Gasteiger charge is -2.04. The van der Waals surface area contributed by atoms with Crippen molar-refractivity contribution in [3.8, 4) is 5.88 Å². The molecule has 0 aliphatic heterocycles. The molecule has 0 unspecified atom stereocenters. The van der Waals surface area contributed by atoms with Crippen LogP contribution in [-0.4, -0.2) is 21.7 Å². The Morgan fingerprint density at radius 1 is 1.41 bits per heavy atom. The van der Waals surface area contributed by atoms with E-state index in [-0.39, 0.29) is 5.88 Å². The van der Waals surface area contributed by atoms with Crippen LogP contribution in [0.25, 0.3) is 10.9 Å². The molecule has 0 atom stereocenters. The van der Waals surface area contributed by atoms with Crippen molar-refractivity contribution in [3.63, 3.8) is 0 Å². The average molecular weight is 318 g/mol. The van der Waals surface area contributed by atoms with Crippen LogP contribution in [0, 0.1) is 0 Å². The van der Waals surface area contributed by atoms with E-state index in [0.717, 1.165) is 30.3 Å². The topological polar surface area (TPSA) is 72.8 Å². The van der Waals surface area contributed by atoms with Crippen molar-refractivity contribution in [1.29, 1.82) is 0 Å². The molecule has 0 aliphatic rings. The Morgan fingerprint density at radius 3 is 2.86 bits per heavy atom. The molecule has 22 heavy (non-hydrogen) atoms. The van der Waals surface area contributed by atoms with Crippen LogP contribution in [-0.2, 0) is 0 Å². The fourth-order valence-corrected chi connectivity index (χ4v) is 2.29. The van der Waals surface area contributed by atoms with E-state index in [0.29, 0.717) is 16.7 Å². The number of thiocarbonyl (C=S) groups is 1. The van der Waals surface area contributed by atoms with Gasteiger partial charge in [0.25, 0.3) is 0 Å². The third kappa shape index (κ3) is 3.82. The summed E-state index contributed by atoms with van der Waals surface area (Å²) in [7, 11) is 0. The third-order valence-electron chi connectivity index (χ3n) is 3.49. The first-order valence-corrected chi connectivity index (χ1v) is 7.98. The Hall–Kier alpha value is -1.95. The van der Waals surface area contributed by atoms with Crippen LogP contribution in [0.4, 0.5) is 5.69 Å². The van der Waals surface area contributed by atoms with Gasteiger partial charge in [-0.25, -0.2) is 0 Å². The van der Waals surface area contributed by atoms with Gasteiger partial charge in [-0.3, -0.25) is 0 Å². The van der Waals surface area contributed by atoms with Gasteiger partial charge in [0.1, 0.15) is 0 Å². The summed E-state index contributed by atoms with van der Waals surface area (Å²) in [5.41, 5.74) is 2.45. The minimum absolute atomic E-state index is 0.0102. The molecule has 0 saturated heterocycles. The average Bonchev–Trinajstić information content (AvgIpc) is 2.80. The summed E-state index contributed by atoms with van der Waals surface area (Å²) in [4.78, 5) is 2.91. The first-order valence-electron chi connectivity index (χ1n) is 7.57. The fraction of sp³-hybridized carbons (Fsp3) is 0.438. The molecule has 0 fully saturated rings. The number of aromatic amines is 1. The Kier molecular flexibility index (Phi) is 5.49. The van der Waals surface area contributed by atoms with Crippen LogP contribution in [0.5, 0.6) is 5.88 Å². The van der Waals surface area contributed by atoms with Gasteiger partial charge in [0.2, 0.25) is 11.0 Å².